The zero-order valence-corrected chi connectivity index (χ0v) is 20.0. The van der Waals surface area contributed by atoms with Crippen molar-refractivity contribution < 1.29 is 14.0 Å². The number of nitrogens with zero attached hydrogens (tertiary/aromatic N) is 3. The van der Waals surface area contributed by atoms with Crippen LogP contribution >= 0.6 is 0 Å². The molecule has 9 heteroatoms. The Labute approximate surface area is 208 Å². The average Bonchev–Trinajstić information content (AvgIpc) is 2.88. The Morgan fingerprint density at radius 1 is 1.03 bits per heavy atom. The number of hydrogen-bond donors (Lipinski definition) is 3. The number of rotatable bonds is 8. The van der Waals surface area contributed by atoms with Crippen molar-refractivity contribution in [3.05, 3.63) is 95.6 Å². The van der Waals surface area contributed by atoms with Crippen molar-refractivity contribution in [1.82, 2.24) is 9.97 Å². The van der Waals surface area contributed by atoms with Gasteiger partial charge in [0.1, 0.15) is 18.0 Å². The SMILES string of the molecule is CN(c1ncnc2c(C(N)=O)cccc12)C(C)(CCN)c1cccc(NC(=O)c2ccccc2F)c1. The lowest BCUT2D eigenvalue weighted by atomic mass is 9.86. The van der Waals surface area contributed by atoms with E-state index >= 15 is 0 Å². The molecule has 1 aromatic heterocycles. The van der Waals surface area contributed by atoms with E-state index in [9.17, 15) is 14.0 Å². The number of benzene rings is 3. The molecule has 0 aliphatic heterocycles. The number of nitrogens with one attached hydrogen (secondary N) is 1. The van der Waals surface area contributed by atoms with Crippen LogP contribution in [0.2, 0.25) is 0 Å². The number of hydrogen-bond acceptors (Lipinski definition) is 6. The molecule has 0 aliphatic rings. The summed E-state index contributed by atoms with van der Waals surface area (Å²) in [5.74, 6) is -1.11. The molecule has 4 rings (SSSR count). The third-order valence-corrected chi connectivity index (χ3v) is 6.46. The Morgan fingerprint density at radius 2 is 1.75 bits per heavy atom. The van der Waals surface area contributed by atoms with E-state index in [1.54, 1.807) is 24.3 Å². The molecule has 4 aromatic rings. The summed E-state index contributed by atoms with van der Waals surface area (Å²) in [6, 6.07) is 18.3. The maximum atomic E-state index is 14.1. The molecule has 0 radical (unpaired) electrons. The number of primary amides is 1. The Morgan fingerprint density at radius 3 is 2.47 bits per heavy atom. The van der Waals surface area contributed by atoms with Gasteiger partial charge in [-0.05, 0) is 61.9 Å². The van der Waals surface area contributed by atoms with Crippen molar-refractivity contribution in [2.24, 2.45) is 11.5 Å². The van der Waals surface area contributed by atoms with Gasteiger partial charge in [-0.25, -0.2) is 14.4 Å². The van der Waals surface area contributed by atoms with Gasteiger partial charge in [0.25, 0.3) is 11.8 Å². The third kappa shape index (κ3) is 4.60. The zero-order chi connectivity index (χ0) is 25.9. The number of aromatic nitrogens is 2. The molecular formula is C27H27FN6O2. The van der Waals surface area contributed by atoms with Gasteiger partial charge in [0.15, 0.2) is 0 Å². The van der Waals surface area contributed by atoms with Crippen LogP contribution < -0.4 is 21.7 Å². The fourth-order valence-electron chi connectivity index (χ4n) is 4.34. The molecular weight excluding hydrogens is 459 g/mol. The summed E-state index contributed by atoms with van der Waals surface area (Å²) < 4.78 is 14.1. The second kappa shape index (κ2) is 10.1. The van der Waals surface area contributed by atoms with Crippen molar-refractivity contribution in [1.29, 1.82) is 0 Å². The number of anilines is 2. The third-order valence-electron chi connectivity index (χ3n) is 6.46. The van der Waals surface area contributed by atoms with Crippen molar-refractivity contribution in [2.75, 3.05) is 23.8 Å². The Balaban J connectivity index is 1.74. The lowest BCUT2D eigenvalue weighted by molar-refractivity contribution is 0.0998. The predicted octanol–water partition coefficient (Wildman–Crippen LogP) is 3.82. The molecule has 1 heterocycles. The minimum Gasteiger partial charge on any atom is -0.366 e. The molecule has 0 spiro atoms. The first-order chi connectivity index (χ1) is 17.3. The summed E-state index contributed by atoms with van der Waals surface area (Å²) in [6.07, 6.45) is 1.95. The van der Waals surface area contributed by atoms with Gasteiger partial charge < -0.3 is 21.7 Å². The lowest BCUT2D eigenvalue weighted by Gasteiger charge is -2.41. The van der Waals surface area contributed by atoms with Crippen LogP contribution in [-0.2, 0) is 5.54 Å². The first kappa shape index (κ1) is 24.7. The van der Waals surface area contributed by atoms with Gasteiger partial charge in [-0.1, -0.05) is 30.3 Å². The van der Waals surface area contributed by atoms with Crippen LogP contribution in [0.4, 0.5) is 15.9 Å². The van der Waals surface area contributed by atoms with E-state index in [0.29, 0.717) is 40.9 Å². The van der Waals surface area contributed by atoms with Crippen LogP contribution in [0.3, 0.4) is 0 Å². The number of carbonyl (C=O) groups is 2. The Kier molecular flexibility index (Phi) is 6.93. The summed E-state index contributed by atoms with van der Waals surface area (Å²) >= 11 is 0. The average molecular weight is 487 g/mol. The smallest absolute Gasteiger partial charge is 0.258 e. The van der Waals surface area contributed by atoms with Gasteiger partial charge in [-0.15, -0.1) is 0 Å². The van der Waals surface area contributed by atoms with Gasteiger partial charge >= 0.3 is 0 Å². The molecule has 5 N–H and O–H groups in total. The first-order valence-corrected chi connectivity index (χ1v) is 11.4. The van der Waals surface area contributed by atoms with Crippen molar-refractivity contribution in [3.8, 4) is 0 Å². The first-order valence-electron chi connectivity index (χ1n) is 11.4. The van der Waals surface area contributed by atoms with Crippen molar-refractivity contribution in [2.45, 2.75) is 18.9 Å². The summed E-state index contributed by atoms with van der Waals surface area (Å²) in [4.78, 5) is 35.4. The molecule has 8 nitrogen and oxygen atoms in total. The molecule has 3 aromatic carbocycles. The van der Waals surface area contributed by atoms with E-state index in [4.69, 9.17) is 11.5 Å². The zero-order valence-electron chi connectivity index (χ0n) is 20.0. The highest BCUT2D eigenvalue weighted by molar-refractivity contribution is 6.07. The molecule has 0 aliphatic carbocycles. The van der Waals surface area contributed by atoms with E-state index in [0.717, 1.165) is 5.56 Å². The number of halogens is 1. The second-order valence-electron chi connectivity index (χ2n) is 8.65. The molecule has 1 unspecified atom stereocenters. The maximum absolute atomic E-state index is 14.1. The number of carbonyl (C=O) groups excluding carboxylic acids is 2. The lowest BCUT2D eigenvalue weighted by Crippen LogP contribution is -2.43. The Hall–Kier alpha value is -4.37. The number of fused-ring (bicyclic) bond motifs is 1. The van der Waals surface area contributed by atoms with Gasteiger partial charge in [0, 0.05) is 18.1 Å². The highest BCUT2D eigenvalue weighted by Crippen LogP contribution is 2.37. The van der Waals surface area contributed by atoms with Crippen LogP contribution in [0.1, 0.15) is 39.6 Å². The fourth-order valence-corrected chi connectivity index (χ4v) is 4.34. The minimum absolute atomic E-state index is 0.0394. The number of nitrogens with two attached hydrogens (primary N) is 2. The van der Waals surface area contributed by atoms with E-state index in [2.05, 4.69) is 15.3 Å². The van der Waals surface area contributed by atoms with Crippen LogP contribution in [0.5, 0.6) is 0 Å². The number of amides is 2. The standard InChI is InChI=1S/C27H27FN6O2/c1-27(13-14-29,34(2)25-21-11-6-10-20(24(30)35)23(21)31-16-32-25)17-7-5-8-18(15-17)33-26(36)19-9-3-4-12-22(19)28/h3-12,15-16H,13-14,29H2,1-2H3,(H2,30,35)(H,33,36). The normalized spacial score (nSPS) is 12.7. The minimum atomic E-state index is -0.655. The van der Waals surface area contributed by atoms with Crippen LogP contribution in [0, 0.1) is 5.82 Å². The van der Waals surface area contributed by atoms with E-state index < -0.39 is 23.2 Å². The summed E-state index contributed by atoms with van der Waals surface area (Å²) in [6.45, 7) is 2.39. The topological polar surface area (TPSA) is 127 Å². The predicted molar refractivity (Wildman–Crippen MR) is 138 cm³/mol. The second-order valence-corrected chi connectivity index (χ2v) is 8.65. The summed E-state index contributed by atoms with van der Waals surface area (Å²) in [7, 11) is 1.89. The van der Waals surface area contributed by atoms with E-state index in [1.807, 2.05) is 43.1 Å². The molecule has 1 atom stereocenters. The van der Waals surface area contributed by atoms with Crippen molar-refractivity contribution >= 4 is 34.2 Å². The monoisotopic (exact) mass is 486 g/mol. The number of para-hydroxylation sites is 1. The van der Waals surface area contributed by atoms with E-state index in [1.165, 1.54) is 24.5 Å². The molecule has 0 fully saturated rings. The summed E-state index contributed by atoms with van der Waals surface area (Å²) in [5.41, 5.74) is 13.0. The van der Waals surface area contributed by atoms with Crippen LogP contribution in [-0.4, -0.2) is 35.4 Å². The molecule has 2 amide bonds. The fraction of sp³-hybridized carbons (Fsp3) is 0.185. The molecule has 0 saturated carbocycles. The van der Waals surface area contributed by atoms with Gasteiger partial charge in [0.05, 0.1) is 22.2 Å². The molecule has 0 bridgehead atoms. The maximum Gasteiger partial charge on any atom is 0.258 e. The summed E-state index contributed by atoms with van der Waals surface area (Å²) in [5, 5.41) is 3.45. The van der Waals surface area contributed by atoms with Crippen LogP contribution in [0.25, 0.3) is 10.9 Å². The van der Waals surface area contributed by atoms with Crippen molar-refractivity contribution in [3.63, 3.8) is 0 Å². The highest BCUT2D eigenvalue weighted by atomic mass is 19.1. The van der Waals surface area contributed by atoms with Gasteiger partial charge in [0.2, 0.25) is 0 Å². The molecule has 184 valence electrons. The quantitative estimate of drug-likeness (QED) is 0.347. The van der Waals surface area contributed by atoms with Gasteiger partial charge in [-0.2, -0.15) is 0 Å². The van der Waals surface area contributed by atoms with Gasteiger partial charge in [-0.3, -0.25) is 9.59 Å². The van der Waals surface area contributed by atoms with Crippen LogP contribution in [0.15, 0.2) is 73.1 Å². The van der Waals surface area contributed by atoms with E-state index in [-0.39, 0.29) is 5.56 Å². The Bertz CT molecular complexity index is 1440. The molecule has 0 saturated heterocycles. The molecule has 36 heavy (non-hydrogen) atoms. The largest absolute Gasteiger partial charge is 0.366 e. The highest BCUT2D eigenvalue weighted by Gasteiger charge is 2.33.